The average Bonchev–Trinajstić information content (AvgIpc) is 3.51. The van der Waals surface area contributed by atoms with Gasteiger partial charge in [-0.1, -0.05) is 12.1 Å². The number of nitrogens with zero attached hydrogens (tertiary/aromatic N) is 3. The van der Waals surface area contributed by atoms with Crippen molar-refractivity contribution in [1.29, 1.82) is 0 Å². The molecule has 4 heterocycles. The molecule has 0 radical (unpaired) electrons. The zero-order valence-corrected chi connectivity index (χ0v) is 20.2. The molecular formula is C26H26N4O4S. The number of carbonyl (C=O) groups is 3. The van der Waals surface area contributed by atoms with E-state index >= 15 is 0 Å². The number of ether oxygens (including phenoxy) is 1. The highest BCUT2D eigenvalue weighted by Crippen LogP contribution is 2.42. The van der Waals surface area contributed by atoms with Gasteiger partial charge in [0.25, 0.3) is 11.8 Å². The molecular weight excluding hydrogens is 464 g/mol. The Morgan fingerprint density at radius 1 is 1.20 bits per heavy atom. The highest BCUT2D eigenvalue weighted by atomic mass is 32.1. The Hall–Kier alpha value is -3.72. The molecule has 0 aliphatic carbocycles. The van der Waals surface area contributed by atoms with Crippen LogP contribution in [-0.2, 0) is 16.9 Å². The molecule has 9 heteroatoms. The third-order valence-corrected chi connectivity index (χ3v) is 7.61. The van der Waals surface area contributed by atoms with Crippen LogP contribution < -0.4 is 10.1 Å². The molecule has 180 valence electrons. The number of methoxy groups -OCH3 is 1. The van der Waals surface area contributed by atoms with Crippen molar-refractivity contribution in [3.63, 3.8) is 0 Å². The molecule has 2 aliphatic rings. The van der Waals surface area contributed by atoms with Gasteiger partial charge in [-0.05, 0) is 65.4 Å². The Balaban J connectivity index is 1.39. The molecule has 4 amide bonds. The lowest BCUT2D eigenvalue weighted by molar-refractivity contribution is -0.134. The van der Waals surface area contributed by atoms with E-state index in [1.807, 2.05) is 22.9 Å². The fourth-order valence-electron chi connectivity index (χ4n) is 5.06. The van der Waals surface area contributed by atoms with Crippen LogP contribution in [0.25, 0.3) is 0 Å². The van der Waals surface area contributed by atoms with Crippen LogP contribution in [0.2, 0.25) is 0 Å². The molecule has 8 nitrogen and oxygen atoms in total. The second kappa shape index (κ2) is 9.50. The van der Waals surface area contributed by atoms with Crippen molar-refractivity contribution in [1.82, 2.24) is 20.1 Å². The van der Waals surface area contributed by atoms with Crippen LogP contribution in [0, 0.1) is 5.92 Å². The van der Waals surface area contributed by atoms with E-state index in [0.29, 0.717) is 42.8 Å². The Morgan fingerprint density at radius 3 is 2.71 bits per heavy atom. The lowest BCUT2D eigenvalue weighted by Gasteiger charge is -2.41. The van der Waals surface area contributed by atoms with Gasteiger partial charge in [-0.2, -0.15) is 11.3 Å². The topological polar surface area (TPSA) is 91.8 Å². The monoisotopic (exact) mass is 490 g/mol. The minimum atomic E-state index is -1.20. The van der Waals surface area contributed by atoms with Crippen molar-refractivity contribution < 1.29 is 19.1 Å². The predicted molar refractivity (Wildman–Crippen MR) is 131 cm³/mol. The fraction of sp³-hybridized carbons (Fsp3) is 0.308. The standard InChI is InChI=1S/C26H26N4O4S/c1-34-22-6-2-4-19(14-22)23(31)29-11-7-20(8-12-29)26(21-5-3-10-27-15-21)24(32)30(25(33)28-26)16-18-9-13-35-17-18/h2-6,9-10,13-15,17,20H,7-8,11-12,16H2,1H3,(H,28,33)/t26-/m0/s1. The molecule has 0 bridgehead atoms. The van der Waals surface area contributed by atoms with Crippen molar-refractivity contribution in [2.45, 2.75) is 24.9 Å². The lowest BCUT2D eigenvalue weighted by atomic mass is 9.73. The number of likely N-dealkylation sites (tertiary alicyclic amines) is 1. The Labute approximate surface area is 207 Å². The smallest absolute Gasteiger partial charge is 0.325 e. The highest BCUT2D eigenvalue weighted by molar-refractivity contribution is 7.07. The largest absolute Gasteiger partial charge is 0.497 e. The Morgan fingerprint density at radius 2 is 2.03 bits per heavy atom. The number of carbonyl (C=O) groups excluding carboxylic acids is 3. The summed E-state index contributed by atoms with van der Waals surface area (Å²) in [6.07, 6.45) is 4.45. The number of imide groups is 1. The minimum absolute atomic E-state index is 0.0707. The van der Waals surface area contributed by atoms with Gasteiger partial charge in [0.1, 0.15) is 5.75 Å². The number of hydrogen-bond donors (Lipinski definition) is 1. The van der Waals surface area contributed by atoms with E-state index in [1.165, 1.54) is 16.2 Å². The van der Waals surface area contributed by atoms with E-state index in [2.05, 4.69) is 10.3 Å². The second-order valence-corrected chi connectivity index (χ2v) is 9.58. The minimum Gasteiger partial charge on any atom is -0.497 e. The molecule has 5 rings (SSSR count). The van der Waals surface area contributed by atoms with Crippen molar-refractivity contribution in [2.24, 2.45) is 5.92 Å². The van der Waals surface area contributed by atoms with E-state index in [9.17, 15) is 14.4 Å². The fourth-order valence-corrected chi connectivity index (χ4v) is 5.72. The van der Waals surface area contributed by atoms with Gasteiger partial charge in [-0.15, -0.1) is 0 Å². The third kappa shape index (κ3) is 4.16. The molecule has 1 N–H and O–H groups in total. The van der Waals surface area contributed by atoms with E-state index in [-0.39, 0.29) is 24.3 Å². The van der Waals surface area contributed by atoms with Crippen LogP contribution in [0.15, 0.2) is 65.6 Å². The summed E-state index contributed by atoms with van der Waals surface area (Å²) in [4.78, 5) is 47.4. The van der Waals surface area contributed by atoms with Gasteiger partial charge in [-0.3, -0.25) is 19.5 Å². The second-order valence-electron chi connectivity index (χ2n) is 8.80. The van der Waals surface area contributed by atoms with Crippen LogP contribution in [0.5, 0.6) is 5.75 Å². The number of nitrogens with one attached hydrogen (secondary N) is 1. The first-order valence-electron chi connectivity index (χ1n) is 11.5. The summed E-state index contributed by atoms with van der Waals surface area (Å²) in [5.41, 5.74) is 0.951. The number of rotatable bonds is 6. The average molecular weight is 491 g/mol. The normalized spacial score (nSPS) is 20.7. The molecule has 1 aromatic carbocycles. The summed E-state index contributed by atoms with van der Waals surface area (Å²) in [7, 11) is 1.57. The van der Waals surface area contributed by atoms with Gasteiger partial charge < -0.3 is 15.0 Å². The number of benzene rings is 1. The van der Waals surface area contributed by atoms with Gasteiger partial charge in [-0.25, -0.2) is 4.79 Å². The summed E-state index contributed by atoms with van der Waals surface area (Å²) < 4.78 is 5.25. The molecule has 2 fully saturated rings. The molecule has 0 unspecified atom stereocenters. The number of aromatic nitrogens is 1. The van der Waals surface area contributed by atoms with Gasteiger partial charge in [0.05, 0.1) is 13.7 Å². The number of piperidine rings is 1. The first-order valence-corrected chi connectivity index (χ1v) is 12.5. The molecule has 3 aromatic rings. The lowest BCUT2D eigenvalue weighted by Crippen LogP contribution is -2.54. The van der Waals surface area contributed by atoms with E-state index in [1.54, 1.807) is 54.7 Å². The van der Waals surface area contributed by atoms with E-state index in [4.69, 9.17) is 4.74 Å². The zero-order chi connectivity index (χ0) is 24.4. The summed E-state index contributed by atoms with van der Waals surface area (Å²) in [6, 6.07) is 12.2. The highest BCUT2D eigenvalue weighted by Gasteiger charge is 2.57. The Bertz CT molecular complexity index is 1230. The zero-order valence-electron chi connectivity index (χ0n) is 19.3. The maximum Gasteiger partial charge on any atom is 0.325 e. The molecule has 0 spiro atoms. The Kier molecular flexibility index (Phi) is 6.25. The maximum atomic E-state index is 13.9. The van der Waals surface area contributed by atoms with Gasteiger partial charge >= 0.3 is 6.03 Å². The van der Waals surface area contributed by atoms with Crippen LogP contribution in [0.1, 0.15) is 34.3 Å². The van der Waals surface area contributed by atoms with Crippen LogP contribution in [0.3, 0.4) is 0 Å². The van der Waals surface area contributed by atoms with Crippen molar-refractivity contribution in [3.8, 4) is 5.75 Å². The summed E-state index contributed by atoms with van der Waals surface area (Å²) >= 11 is 1.53. The first-order chi connectivity index (χ1) is 17.0. The molecule has 2 saturated heterocycles. The summed E-state index contributed by atoms with van der Waals surface area (Å²) in [6.45, 7) is 1.19. The number of pyridine rings is 1. The van der Waals surface area contributed by atoms with E-state index < -0.39 is 11.6 Å². The number of hydrogen-bond acceptors (Lipinski definition) is 6. The van der Waals surface area contributed by atoms with Crippen molar-refractivity contribution >= 4 is 29.2 Å². The molecule has 1 atom stereocenters. The summed E-state index contributed by atoms with van der Waals surface area (Å²) in [5, 5.41) is 6.90. The van der Waals surface area contributed by atoms with Crippen molar-refractivity contribution in [3.05, 3.63) is 82.3 Å². The molecule has 35 heavy (non-hydrogen) atoms. The molecule has 2 aromatic heterocycles. The van der Waals surface area contributed by atoms with Gasteiger partial charge in [0.15, 0.2) is 5.54 Å². The molecule has 2 aliphatic heterocycles. The SMILES string of the molecule is COc1cccc(C(=O)N2CCC([C@@]3(c4cccnc4)NC(=O)N(Cc4ccsc4)C3=O)CC2)c1. The summed E-state index contributed by atoms with van der Waals surface area (Å²) in [5.74, 6) is 0.120. The van der Waals surface area contributed by atoms with Crippen LogP contribution >= 0.6 is 11.3 Å². The molecule has 0 saturated carbocycles. The van der Waals surface area contributed by atoms with Crippen LogP contribution in [-0.4, -0.2) is 52.8 Å². The van der Waals surface area contributed by atoms with Crippen LogP contribution in [0.4, 0.5) is 4.79 Å². The van der Waals surface area contributed by atoms with Gasteiger partial charge in [0, 0.05) is 36.6 Å². The maximum absolute atomic E-state index is 13.9. The number of thiophene rings is 1. The number of amides is 4. The first kappa shape index (κ1) is 23.0. The predicted octanol–water partition coefficient (Wildman–Crippen LogP) is 3.65. The van der Waals surface area contributed by atoms with E-state index in [0.717, 1.165) is 5.56 Å². The van der Waals surface area contributed by atoms with Crippen molar-refractivity contribution in [2.75, 3.05) is 20.2 Å². The quantitative estimate of drug-likeness (QED) is 0.533. The number of urea groups is 1. The van der Waals surface area contributed by atoms with Gasteiger partial charge in [0.2, 0.25) is 0 Å². The third-order valence-electron chi connectivity index (χ3n) is 6.88.